The van der Waals surface area contributed by atoms with Crippen molar-refractivity contribution in [1.82, 2.24) is 44.9 Å². The number of aromatic nitrogens is 8. The van der Waals surface area contributed by atoms with Crippen molar-refractivity contribution in [2.75, 3.05) is 38.8 Å². The Hall–Kier alpha value is -4.65. The van der Waals surface area contributed by atoms with Gasteiger partial charge in [-0.25, -0.2) is 14.6 Å². The largest absolute Gasteiger partial charge is 0.487 e. The molecule has 1 saturated carbocycles. The van der Waals surface area contributed by atoms with Crippen LogP contribution >= 0.6 is 0 Å². The molecule has 1 aliphatic heterocycles. The van der Waals surface area contributed by atoms with E-state index in [2.05, 4.69) is 53.5 Å². The number of tetrazole rings is 1. The van der Waals surface area contributed by atoms with Crippen molar-refractivity contribution < 1.29 is 18.9 Å². The molecule has 3 aromatic heterocycles. The number of nitriles is 1. The third-order valence-corrected chi connectivity index (χ3v) is 9.75. The minimum absolute atomic E-state index is 0.177. The Morgan fingerprint density at radius 1 is 1.04 bits per heavy atom. The van der Waals surface area contributed by atoms with Crippen molar-refractivity contribution in [3.05, 3.63) is 48.7 Å². The number of likely N-dealkylation sites (N-methyl/N-ethyl adjacent to an activating group) is 1. The number of rotatable bonds is 16. The molecule has 0 bridgehead atoms. The quantitative estimate of drug-likeness (QED) is 0.143. The molecule has 2 atom stereocenters. The molecule has 6 rings (SSSR count). The Bertz CT molecular complexity index is 1710. The molecule has 4 heterocycles. The third kappa shape index (κ3) is 10.0. The summed E-state index contributed by atoms with van der Waals surface area (Å²) in [6.07, 6.45) is 15.6. The van der Waals surface area contributed by atoms with E-state index in [4.69, 9.17) is 24.0 Å². The lowest BCUT2D eigenvalue weighted by atomic mass is 9.89. The fourth-order valence-corrected chi connectivity index (χ4v) is 6.87. The van der Waals surface area contributed by atoms with E-state index in [0.717, 1.165) is 68.6 Å². The zero-order valence-corrected chi connectivity index (χ0v) is 30.7. The minimum atomic E-state index is -0.272. The molecule has 15 nitrogen and oxygen atoms in total. The molecular formula is C37H51N11O4. The van der Waals surface area contributed by atoms with Gasteiger partial charge in [0.15, 0.2) is 0 Å². The van der Waals surface area contributed by atoms with Crippen LogP contribution in [0.25, 0.3) is 11.1 Å². The van der Waals surface area contributed by atoms with Gasteiger partial charge >= 0.3 is 0 Å². The van der Waals surface area contributed by atoms with Gasteiger partial charge in [0.25, 0.3) is 5.88 Å². The van der Waals surface area contributed by atoms with Crippen LogP contribution in [0.2, 0.25) is 0 Å². The van der Waals surface area contributed by atoms with Crippen molar-refractivity contribution in [2.24, 2.45) is 0 Å². The third-order valence-electron chi connectivity index (χ3n) is 9.75. The first-order valence-electron chi connectivity index (χ1n) is 18.5. The Morgan fingerprint density at radius 3 is 2.62 bits per heavy atom. The van der Waals surface area contributed by atoms with Crippen LogP contribution in [0, 0.1) is 11.3 Å². The molecule has 2 aliphatic rings. The molecule has 1 saturated heterocycles. The highest BCUT2D eigenvalue weighted by Gasteiger charge is 2.30. The molecule has 0 spiro atoms. The second kappa shape index (κ2) is 18.2. The maximum atomic E-state index is 9.70. The first-order chi connectivity index (χ1) is 25.4. The van der Waals surface area contributed by atoms with E-state index in [1.165, 1.54) is 19.2 Å². The minimum Gasteiger partial charge on any atom is -0.487 e. The molecule has 0 unspecified atom stereocenters. The van der Waals surface area contributed by atoms with Gasteiger partial charge in [-0.3, -0.25) is 9.58 Å². The summed E-state index contributed by atoms with van der Waals surface area (Å²) in [5.41, 5.74) is 2.76. The van der Waals surface area contributed by atoms with Crippen LogP contribution in [0.5, 0.6) is 11.6 Å². The topological polar surface area (TPSA) is 163 Å². The van der Waals surface area contributed by atoms with Crippen molar-refractivity contribution in [3.63, 3.8) is 0 Å². The Balaban J connectivity index is 1.12. The van der Waals surface area contributed by atoms with Crippen LogP contribution in [-0.2, 0) is 16.0 Å². The molecular weight excluding hydrogens is 662 g/mol. The predicted octanol–water partition coefficient (Wildman–Crippen LogP) is 5.59. The van der Waals surface area contributed by atoms with Crippen molar-refractivity contribution in [2.45, 2.75) is 109 Å². The first-order valence-corrected chi connectivity index (χ1v) is 18.5. The number of nitrogens with zero attached hydrogens (tertiary/aromatic N) is 10. The highest BCUT2D eigenvalue weighted by atomic mass is 16.5. The number of anilines is 2. The summed E-state index contributed by atoms with van der Waals surface area (Å²) in [6.45, 7) is 9.22. The van der Waals surface area contributed by atoms with E-state index >= 15 is 0 Å². The van der Waals surface area contributed by atoms with Crippen molar-refractivity contribution >= 4 is 11.6 Å². The molecule has 52 heavy (non-hydrogen) atoms. The fourth-order valence-electron chi connectivity index (χ4n) is 6.87. The highest BCUT2D eigenvalue weighted by molar-refractivity contribution is 5.67. The van der Waals surface area contributed by atoms with Gasteiger partial charge in [0.2, 0.25) is 5.95 Å². The number of ether oxygens (including phenoxy) is 4. The van der Waals surface area contributed by atoms with Gasteiger partial charge in [0, 0.05) is 43.1 Å². The average molecular weight is 714 g/mol. The van der Waals surface area contributed by atoms with Gasteiger partial charge < -0.3 is 24.3 Å². The Kier molecular flexibility index (Phi) is 13.0. The van der Waals surface area contributed by atoms with E-state index in [-0.39, 0.29) is 18.2 Å². The van der Waals surface area contributed by atoms with Crippen LogP contribution in [-0.4, -0.2) is 103 Å². The summed E-state index contributed by atoms with van der Waals surface area (Å²) in [4.78, 5) is 11.8. The molecule has 1 aromatic carbocycles. The SMILES string of the molecule is CC(C)OCCCOc1nn([C@H]2CC[C@H](N(C)[C@@H]3CCCCOC3)CC2)cc1Nc1ncc(-c2ccc(C#N)c(O[C@@H](C)Cn3cnnn3)c2)cn1. The average Bonchev–Trinajstić information content (AvgIpc) is 3.72. The summed E-state index contributed by atoms with van der Waals surface area (Å²) in [7, 11) is 2.27. The van der Waals surface area contributed by atoms with Gasteiger partial charge in [-0.15, -0.1) is 10.2 Å². The molecule has 278 valence electrons. The number of hydrogen-bond acceptors (Lipinski definition) is 13. The maximum Gasteiger partial charge on any atom is 0.256 e. The highest BCUT2D eigenvalue weighted by Crippen LogP contribution is 2.35. The number of benzene rings is 1. The summed E-state index contributed by atoms with van der Waals surface area (Å²) in [6, 6.07) is 8.97. The summed E-state index contributed by atoms with van der Waals surface area (Å²) in [5.74, 6) is 1.42. The molecule has 1 aliphatic carbocycles. The van der Waals surface area contributed by atoms with Crippen LogP contribution in [0.1, 0.15) is 83.7 Å². The smallest absolute Gasteiger partial charge is 0.256 e. The second-order valence-corrected chi connectivity index (χ2v) is 14.0. The van der Waals surface area contributed by atoms with Gasteiger partial charge in [-0.05, 0) is 101 Å². The van der Waals surface area contributed by atoms with Crippen molar-refractivity contribution in [1.29, 1.82) is 5.26 Å². The zero-order valence-electron chi connectivity index (χ0n) is 30.7. The normalized spacial score (nSPS) is 20.0. The molecule has 2 fully saturated rings. The van der Waals surface area contributed by atoms with E-state index in [1.54, 1.807) is 23.1 Å². The lowest BCUT2D eigenvalue weighted by Gasteiger charge is -2.38. The summed E-state index contributed by atoms with van der Waals surface area (Å²) < 4.78 is 27.6. The predicted molar refractivity (Wildman–Crippen MR) is 194 cm³/mol. The van der Waals surface area contributed by atoms with Crippen LogP contribution in [0.4, 0.5) is 11.6 Å². The van der Waals surface area contributed by atoms with E-state index in [0.29, 0.717) is 55.0 Å². The first kappa shape index (κ1) is 37.1. The van der Waals surface area contributed by atoms with Crippen LogP contribution in [0.3, 0.4) is 0 Å². The molecule has 4 aromatic rings. The van der Waals surface area contributed by atoms with Gasteiger partial charge in [0.1, 0.15) is 29.9 Å². The van der Waals surface area contributed by atoms with Crippen LogP contribution in [0.15, 0.2) is 43.1 Å². The molecule has 1 N–H and O–H groups in total. The lowest BCUT2D eigenvalue weighted by molar-refractivity contribution is 0.0499. The fraction of sp³-hybridized carbons (Fsp3) is 0.595. The zero-order chi connectivity index (χ0) is 36.3. The second-order valence-electron chi connectivity index (χ2n) is 14.0. The standard InChI is InChI=1S/C37H51N11O4/c1-26(2)50-16-7-17-51-36-34(23-48(43-36)32-13-11-31(12-14-32)46(4)33-8-5-6-15-49-24-33)42-37-39-20-30(21-40-37)28-9-10-29(19-38)35(18-28)52-27(3)22-47-25-41-44-45-47/h9-10,18,20-21,23,25-27,31-33H,5-8,11-17,22,24H2,1-4H3,(H,39,40,42)/t27-,31-,32-,33+/m0/s1. The molecule has 0 radical (unpaired) electrons. The number of nitrogens with one attached hydrogen (secondary N) is 1. The lowest BCUT2D eigenvalue weighted by Crippen LogP contribution is -2.44. The summed E-state index contributed by atoms with van der Waals surface area (Å²) >= 11 is 0. The Morgan fingerprint density at radius 2 is 1.87 bits per heavy atom. The monoisotopic (exact) mass is 713 g/mol. The van der Waals surface area contributed by atoms with Crippen molar-refractivity contribution in [3.8, 4) is 28.8 Å². The number of hydrogen-bond donors (Lipinski definition) is 1. The molecule has 15 heteroatoms. The van der Waals surface area contributed by atoms with E-state index in [9.17, 15) is 5.26 Å². The molecule has 0 amide bonds. The van der Waals surface area contributed by atoms with E-state index < -0.39 is 0 Å². The van der Waals surface area contributed by atoms with Gasteiger partial charge in [-0.1, -0.05) is 6.07 Å². The Labute approximate surface area is 305 Å². The van der Waals surface area contributed by atoms with Crippen LogP contribution < -0.4 is 14.8 Å². The maximum absolute atomic E-state index is 9.70. The van der Waals surface area contributed by atoms with Gasteiger partial charge in [0.05, 0.1) is 50.3 Å². The van der Waals surface area contributed by atoms with E-state index in [1.807, 2.05) is 39.1 Å². The van der Waals surface area contributed by atoms with Gasteiger partial charge in [-0.2, -0.15) is 5.26 Å². The summed E-state index contributed by atoms with van der Waals surface area (Å²) in [5, 5.41) is 29.2.